The lowest BCUT2D eigenvalue weighted by Gasteiger charge is -2.31. The molecule has 0 saturated heterocycles. The Labute approximate surface area is 193 Å². The van der Waals surface area contributed by atoms with Crippen LogP contribution in [0.5, 0.6) is 0 Å². The second-order valence-electron chi connectivity index (χ2n) is 8.87. The van der Waals surface area contributed by atoms with Crippen molar-refractivity contribution in [1.82, 2.24) is 14.5 Å². The molecular formula is C28H27N3O2. The maximum Gasteiger partial charge on any atom is 0.266 e. The highest BCUT2D eigenvalue weighted by molar-refractivity contribution is 5.82. The highest BCUT2D eigenvalue weighted by atomic mass is 16.2. The first-order valence-corrected chi connectivity index (χ1v) is 11.5. The predicted octanol–water partition coefficient (Wildman–Crippen LogP) is 5.19. The Morgan fingerprint density at radius 3 is 2.36 bits per heavy atom. The van der Waals surface area contributed by atoms with Crippen molar-refractivity contribution in [3.8, 4) is 5.69 Å². The summed E-state index contributed by atoms with van der Waals surface area (Å²) >= 11 is 0. The number of amides is 1. The summed E-state index contributed by atoms with van der Waals surface area (Å²) in [5.41, 5.74) is 3.45. The van der Waals surface area contributed by atoms with E-state index in [2.05, 4.69) is 0 Å². The van der Waals surface area contributed by atoms with Crippen LogP contribution in [0.1, 0.15) is 42.8 Å². The quantitative estimate of drug-likeness (QED) is 0.417. The molecule has 1 amide bonds. The van der Waals surface area contributed by atoms with Gasteiger partial charge in [0.05, 0.1) is 22.6 Å². The number of benzene rings is 3. The van der Waals surface area contributed by atoms with E-state index in [1.165, 1.54) is 0 Å². The van der Waals surface area contributed by atoms with E-state index in [0.29, 0.717) is 23.3 Å². The fourth-order valence-electron chi connectivity index (χ4n) is 4.26. The second-order valence-corrected chi connectivity index (χ2v) is 8.87. The highest BCUT2D eigenvalue weighted by Crippen LogP contribution is 2.35. The smallest absolute Gasteiger partial charge is 0.266 e. The number of carbonyl (C=O) groups excluding carboxylic acids is 1. The SMILES string of the molecule is Cc1ccc(-n2c(C(C)N(Cc3ccccc3)C(=O)C3CC3)nc3ccccc3c2=O)cc1. The maximum atomic E-state index is 13.7. The van der Waals surface area contributed by atoms with E-state index < -0.39 is 0 Å². The van der Waals surface area contributed by atoms with E-state index in [1.807, 2.05) is 91.5 Å². The van der Waals surface area contributed by atoms with Crippen LogP contribution in [0.2, 0.25) is 0 Å². The molecule has 1 saturated carbocycles. The molecule has 5 rings (SSSR count). The molecular weight excluding hydrogens is 410 g/mol. The molecule has 1 aliphatic rings. The molecule has 0 aliphatic heterocycles. The van der Waals surface area contributed by atoms with Gasteiger partial charge in [0.1, 0.15) is 5.82 Å². The molecule has 166 valence electrons. The van der Waals surface area contributed by atoms with Gasteiger partial charge in [-0.25, -0.2) is 4.98 Å². The van der Waals surface area contributed by atoms with Crippen LogP contribution in [-0.4, -0.2) is 20.4 Å². The maximum absolute atomic E-state index is 13.7. The predicted molar refractivity (Wildman–Crippen MR) is 130 cm³/mol. The molecule has 0 radical (unpaired) electrons. The van der Waals surface area contributed by atoms with E-state index in [-0.39, 0.29) is 23.4 Å². The summed E-state index contributed by atoms with van der Waals surface area (Å²) in [6.45, 7) is 4.48. The summed E-state index contributed by atoms with van der Waals surface area (Å²) in [6, 6.07) is 24.9. The number of carbonyl (C=O) groups is 1. The van der Waals surface area contributed by atoms with E-state index in [1.54, 1.807) is 10.6 Å². The van der Waals surface area contributed by atoms with Gasteiger partial charge in [-0.15, -0.1) is 0 Å². The zero-order chi connectivity index (χ0) is 22.9. The third-order valence-corrected chi connectivity index (χ3v) is 6.34. The minimum atomic E-state index is -0.378. The number of fused-ring (bicyclic) bond motifs is 1. The Morgan fingerprint density at radius 2 is 1.67 bits per heavy atom. The Bertz CT molecular complexity index is 1360. The number of hydrogen-bond donors (Lipinski definition) is 0. The van der Waals surface area contributed by atoms with Crippen molar-refractivity contribution in [1.29, 1.82) is 0 Å². The molecule has 1 unspecified atom stereocenters. The van der Waals surface area contributed by atoms with Crippen LogP contribution in [0.15, 0.2) is 83.7 Å². The van der Waals surface area contributed by atoms with Crippen molar-refractivity contribution in [2.45, 2.75) is 39.3 Å². The third-order valence-electron chi connectivity index (χ3n) is 6.34. The Morgan fingerprint density at radius 1 is 1.00 bits per heavy atom. The molecule has 3 aromatic carbocycles. The first kappa shape index (κ1) is 21.1. The number of rotatable bonds is 6. The molecule has 0 N–H and O–H groups in total. The van der Waals surface area contributed by atoms with Crippen LogP contribution in [0.25, 0.3) is 16.6 Å². The van der Waals surface area contributed by atoms with Gasteiger partial charge in [0, 0.05) is 12.5 Å². The van der Waals surface area contributed by atoms with Gasteiger partial charge < -0.3 is 4.90 Å². The molecule has 5 nitrogen and oxygen atoms in total. The molecule has 1 aromatic heterocycles. The monoisotopic (exact) mass is 437 g/mol. The van der Waals surface area contributed by atoms with Gasteiger partial charge in [-0.05, 0) is 56.5 Å². The average molecular weight is 438 g/mol. The Kier molecular flexibility index (Phi) is 5.55. The van der Waals surface area contributed by atoms with Crippen molar-refractivity contribution >= 4 is 16.8 Å². The van der Waals surface area contributed by atoms with Crippen LogP contribution < -0.4 is 5.56 Å². The van der Waals surface area contributed by atoms with E-state index in [4.69, 9.17) is 4.98 Å². The first-order chi connectivity index (χ1) is 16.0. The fraction of sp³-hybridized carbons (Fsp3) is 0.250. The summed E-state index contributed by atoms with van der Waals surface area (Å²) in [5.74, 6) is 0.771. The normalized spacial score (nSPS) is 14.2. The van der Waals surface area contributed by atoms with Crippen LogP contribution in [0.4, 0.5) is 0 Å². The van der Waals surface area contributed by atoms with Crippen molar-refractivity contribution in [2.75, 3.05) is 0 Å². The van der Waals surface area contributed by atoms with Gasteiger partial charge in [0.25, 0.3) is 5.56 Å². The molecule has 1 fully saturated rings. The molecule has 4 aromatic rings. The van der Waals surface area contributed by atoms with Gasteiger partial charge >= 0.3 is 0 Å². The van der Waals surface area contributed by atoms with Crippen LogP contribution in [0.3, 0.4) is 0 Å². The van der Waals surface area contributed by atoms with Gasteiger partial charge in [-0.1, -0.05) is 60.2 Å². The molecule has 33 heavy (non-hydrogen) atoms. The number of aromatic nitrogens is 2. The average Bonchev–Trinajstić information content (AvgIpc) is 3.69. The summed E-state index contributed by atoms with van der Waals surface area (Å²) in [4.78, 5) is 33.8. The minimum absolute atomic E-state index is 0.0659. The number of nitrogens with zero attached hydrogens (tertiary/aromatic N) is 3. The number of para-hydroxylation sites is 1. The first-order valence-electron chi connectivity index (χ1n) is 11.5. The largest absolute Gasteiger partial charge is 0.328 e. The van der Waals surface area contributed by atoms with E-state index in [9.17, 15) is 9.59 Å². The van der Waals surface area contributed by atoms with Gasteiger partial charge in [-0.2, -0.15) is 0 Å². The topological polar surface area (TPSA) is 55.2 Å². The van der Waals surface area contributed by atoms with E-state index >= 15 is 0 Å². The van der Waals surface area contributed by atoms with Gasteiger partial charge in [0.15, 0.2) is 0 Å². The van der Waals surface area contributed by atoms with Gasteiger partial charge in [-0.3, -0.25) is 14.2 Å². The summed E-state index contributed by atoms with van der Waals surface area (Å²) in [7, 11) is 0. The molecule has 5 heteroatoms. The molecule has 1 aliphatic carbocycles. The molecule has 0 spiro atoms. The van der Waals surface area contributed by atoms with Crippen molar-refractivity contribution in [2.24, 2.45) is 5.92 Å². The lowest BCUT2D eigenvalue weighted by molar-refractivity contribution is -0.135. The highest BCUT2D eigenvalue weighted by Gasteiger charge is 2.37. The Balaban J connectivity index is 1.67. The summed E-state index contributed by atoms with van der Waals surface area (Å²) in [5, 5.41) is 0.567. The molecule has 0 bridgehead atoms. The molecule has 1 heterocycles. The Hall–Kier alpha value is -3.73. The van der Waals surface area contributed by atoms with Crippen LogP contribution in [-0.2, 0) is 11.3 Å². The standard InChI is InChI=1S/C28H27N3O2/c1-19-12-16-23(17-13-19)31-26(29-25-11-7-6-10-24(25)28(31)33)20(2)30(27(32)22-14-15-22)18-21-8-4-3-5-9-21/h3-13,16-17,20,22H,14-15,18H2,1-2H3. The summed E-state index contributed by atoms with van der Waals surface area (Å²) in [6.07, 6.45) is 1.85. The van der Waals surface area contributed by atoms with Crippen LogP contribution in [0, 0.1) is 12.8 Å². The lowest BCUT2D eigenvalue weighted by Crippen LogP contribution is -2.37. The van der Waals surface area contributed by atoms with Crippen molar-refractivity contribution in [3.05, 3.63) is 106 Å². The van der Waals surface area contributed by atoms with E-state index in [0.717, 1.165) is 29.7 Å². The second kappa shape index (κ2) is 8.66. The van der Waals surface area contributed by atoms with Crippen LogP contribution >= 0.6 is 0 Å². The van der Waals surface area contributed by atoms with Gasteiger partial charge in [0.2, 0.25) is 5.91 Å². The zero-order valence-electron chi connectivity index (χ0n) is 18.9. The zero-order valence-corrected chi connectivity index (χ0v) is 18.9. The number of aryl methyl sites for hydroxylation is 1. The number of hydrogen-bond acceptors (Lipinski definition) is 3. The van der Waals surface area contributed by atoms with Crippen molar-refractivity contribution in [3.63, 3.8) is 0 Å². The van der Waals surface area contributed by atoms with Crippen molar-refractivity contribution < 1.29 is 4.79 Å². The minimum Gasteiger partial charge on any atom is -0.328 e. The summed E-state index contributed by atoms with van der Waals surface area (Å²) < 4.78 is 1.67. The fourth-order valence-corrected chi connectivity index (χ4v) is 4.26. The lowest BCUT2D eigenvalue weighted by atomic mass is 10.1. The molecule has 1 atom stereocenters. The third kappa shape index (κ3) is 4.19.